The number of carbonyl (C=O) groups is 1. The molecule has 6 heteroatoms. The molecule has 1 heterocycles. The molecule has 1 aromatic carbocycles. The van der Waals surface area contributed by atoms with Crippen molar-refractivity contribution < 1.29 is 14.1 Å². The minimum Gasteiger partial charge on any atom is -0.356 e. The molecule has 1 amide bonds. The maximum atomic E-state index is 11.9. The van der Waals surface area contributed by atoms with Crippen molar-refractivity contribution in [2.24, 2.45) is 10.9 Å². The second kappa shape index (κ2) is 5.58. The normalized spacial score (nSPS) is 22.5. The van der Waals surface area contributed by atoms with Crippen molar-refractivity contribution in [1.29, 1.82) is 0 Å². The van der Waals surface area contributed by atoms with E-state index in [2.05, 4.69) is 20.9 Å². The van der Waals surface area contributed by atoms with Crippen LogP contribution in [0.5, 0.6) is 0 Å². The summed E-state index contributed by atoms with van der Waals surface area (Å²) in [5.74, 6) is 0.140. The summed E-state index contributed by atoms with van der Waals surface area (Å²) in [6.07, 6.45) is 7.14. The molecule has 4 nitrogen and oxygen atoms in total. The Morgan fingerprint density at radius 3 is 3.00 bits per heavy atom. The molecule has 1 unspecified atom stereocenters. The molecule has 2 aliphatic rings. The fourth-order valence-electron chi connectivity index (χ4n) is 2.18. The molecular weight excluding hydrogens is 356 g/mol. The molecule has 106 valence electrons. The Morgan fingerprint density at radius 2 is 2.19 bits per heavy atom. The highest BCUT2D eigenvalue weighted by Crippen LogP contribution is 2.33. The molecule has 0 fully saturated rings. The van der Waals surface area contributed by atoms with Crippen LogP contribution in [-0.2, 0) is 4.74 Å². The van der Waals surface area contributed by atoms with Crippen molar-refractivity contribution in [3.63, 3.8) is 0 Å². The minimum absolute atomic E-state index is 0.187. The Labute approximate surface area is 135 Å². The first-order valence-corrected chi connectivity index (χ1v) is 7.45. The fourth-order valence-corrected chi connectivity index (χ4v) is 2.70. The molecule has 0 bridgehead atoms. The number of hydrogen-bond acceptors (Lipinski definition) is 3. The molecule has 1 atom stereocenters. The van der Waals surface area contributed by atoms with Crippen LogP contribution in [0.4, 0.5) is 10.5 Å². The van der Waals surface area contributed by atoms with Gasteiger partial charge < -0.3 is 4.74 Å². The van der Waals surface area contributed by atoms with Gasteiger partial charge in [-0.2, -0.15) is 4.79 Å². The van der Waals surface area contributed by atoms with Gasteiger partial charge in [0, 0.05) is 10.5 Å². The summed E-state index contributed by atoms with van der Waals surface area (Å²) in [5, 5.41) is 0.483. The highest BCUT2D eigenvalue weighted by atomic mass is 79.9. The van der Waals surface area contributed by atoms with Crippen LogP contribution < -0.4 is 0 Å². The molecule has 21 heavy (non-hydrogen) atoms. The van der Waals surface area contributed by atoms with Crippen LogP contribution in [0.15, 0.2) is 52.0 Å². The number of aliphatic imine (C=N–C) groups is 1. The van der Waals surface area contributed by atoms with Crippen molar-refractivity contribution in [3.8, 4) is 0 Å². The first-order chi connectivity index (χ1) is 10.1. The zero-order valence-corrected chi connectivity index (χ0v) is 13.4. The third-order valence-corrected chi connectivity index (χ3v) is 4.57. The van der Waals surface area contributed by atoms with Gasteiger partial charge in [0.1, 0.15) is 13.0 Å². The van der Waals surface area contributed by atoms with E-state index in [0.717, 1.165) is 10.2 Å². The molecule has 0 N–H and O–H groups in total. The van der Waals surface area contributed by atoms with Crippen molar-refractivity contribution in [1.82, 2.24) is 0 Å². The van der Waals surface area contributed by atoms with Crippen molar-refractivity contribution in [2.45, 2.75) is 0 Å². The quantitative estimate of drug-likeness (QED) is 0.702. The van der Waals surface area contributed by atoms with E-state index in [1.807, 2.05) is 36.4 Å². The first-order valence-electron chi connectivity index (χ1n) is 6.28. The van der Waals surface area contributed by atoms with Crippen LogP contribution in [-0.4, -0.2) is 29.3 Å². The third-order valence-electron chi connectivity index (χ3n) is 3.28. The highest BCUT2D eigenvalue weighted by Gasteiger charge is 2.39. The number of allylic oxidation sites excluding steroid dienone is 3. The zero-order chi connectivity index (χ0) is 15.0. The largest absolute Gasteiger partial charge is 0.603 e. The van der Waals surface area contributed by atoms with Gasteiger partial charge in [0.05, 0.1) is 10.7 Å². The van der Waals surface area contributed by atoms with Crippen molar-refractivity contribution >= 4 is 50.9 Å². The zero-order valence-electron chi connectivity index (χ0n) is 11.1. The number of amides is 1. The summed E-state index contributed by atoms with van der Waals surface area (Å²) in [6, 6.07) is 5.43. The van der Waals surface area contributed by atoms with E-state index in [-0.39, 0.29) is 5.92 Å². The summed E-state index contributed by atoms with van der Waals surface area (Å²) >= 11 is 9.56. The summed E-state index contributed by atoms with van der Waals surface area (Å²) in [4.78, 5) is 16.3. The topological polar surface area (TPSA) is 41.7 Å². The summed E-state index contributed by atoms with van der Waals surface area (Å²) < 4.78 is 7.55. The lowest BCUT2D eigenvalue weighted by Gasteiger charge is -2.19. The van der Waals surface area contributed by atoms with Crippen LogP contribution in [0.1, 0.15) is 0 Å². The second-order valence-electron chi connectivity index (χ2n) is 4.60. The number of fused-ring (bicyclic) bond motifs is 1. The van der Waals surface area contributed by atoms with E-state index in [9.17, 15) is 4.79 Å². The van der Waals surface area contributed by atoms with Crippen LogP contribution in [0.3, 0.4) is 0 Å². The average Bonchev–Trinajstić information content (AvgIpc) is 2.49. The predicted molar refractivity (Wildman–Crippen MR) is 85.7 cm³/mol. The lowest BCUT2D eigenvalue weighted by Crippen LogP contribution is -2.41. The lowest BCUT2D eigenvalue weighted by molar-refractivity contribution is -0.413. The van der Waals surface area contributed by atoms with Crippen LogP contribution in [0.2, 0.25) is 5.02 Å². The van der Waals surface area contributed by atoms with Gasteiger partial charge in [0.25, 0.3) is 0 Å². The van der Waals surface area contributed by atoms with Crippen LogP contribution in [0, 0.1) is 5.92 Å². The van der Waals surface area contributed by atoms with Crippen LogP contribution >= 0.6 is 27.5 Å². The Kier molecular flexibility index (Phi) is 3.78. The lowest BCUT2D eigenvalue weighted by atomic mass is 9.97. The Morgan fingerprint density at radius 1 is 1.38 bits per heavy atom. The summed E-state index contributed by atoms with van der Waals surface area (Å²) in [7, 11) is 1.68. The fraction of sp³-hybridized carbons (Fsp3) is 0.133. The van der Waals surface area contributed by atoms with Gasteiger partial charge in [-0.3, -0.25) is 0 Å². The number of cyclic esters (lactones) is 1. The van der Waals surface area contributed by atoms with E-state index in [0.29, 0.717) is 16.6 Å². The highest BCUT2D eigenvalue weighted by molar-refractivity contribution is 9.10. The van der Waals surface area contributed by atoms with Gasteiger partial charge in [0.15, 0.2) is 0 Å². The summed E-state index contributed by atoms with van der Waals surface area (Å²) in [6.45, 7) is 0. The van der Waals surface area contributed by atoms with Crippen molar-refractivity contribution in [3.05, 3.63) is 52.0 Å². The molecule has 1 aliphatic heterocycles. The van der Waals surface area contributed by atoms with Crippen molar-refractivity contribution in [2.75, 3.05) is 7.05 Å². The SMILES string of the molecule is C[N+]1=C2C=CC=CC2C(=Nc2cccc(Br)c2Cl)OC1=O. The van der Waals surface area contributed by atoms with Gasteiger partial charge in [-0.05, 0) is 28.1 Å². The summed E-state index contributed by atoms with van der Waals surface area (Å²) in [5.41, 5.74) is 1.39. The van der Waals surface area contributed by atoms with Gasteiger partial charge in [-0.1, -0.05) is 35.9 Å². The number of ether oxygens (including phenoxy) is 1. The molecule has 0 saturated carbocycles. The number of nitrogens with zero attached hydrogens (tertiary/aromatic N) is 2. The molecule has 0 saturated heterocycles. The Hall–Kier alpha value is -1.72. The van der Waals surface area contributed by atoms with E-state index in [4.69, 9.17) is 16.3 Å². The molecule has 0 spiro atoms. The van der Waals surface area contributed by atoms with Gasteiger partial charge in [-0.15, -0.1) is 4.58 Å². The molecule has 0 aromatic heterocycles. The number of carbonyl (C=O) groups excluding carboxylic acids is 1. The molecule has 1 aromatic rings. The van der Waals surface area contributed by atoms with E-state index in [1.165, 1.54) is 4.58 Å². The van der Waals surface area contributed by atoms with E-state index >= 15 is 0 Å². The maximum Gasteiger partial charge on any atom is 0.603 e. The van der Waals surface area contributed by atoms with Gasteiger partial charge in [-0.25, -0.2) is 4.99 Å². The average molecular weight is 367 g/mol. The smallest absolute Gasteiger partial charge is 0.356 e. The molecular formula is C15H11BrClN2O2+. The monoisotopic (exact) mass is 365 g/mol. The molecule has 3 rings (SSSR count). The Balaban J connectivity index is 2.09. The minimum atomic E-state index is -0.453. The second-order valence-corrected chi connectivity index (χ2v) is 5.83. The predicted octanol–water partition coefficient (Wildman–Crippen LogP) is 4.11. The molecule has 0 radical (unpaired) electrons. The van der Waals surface area contributed by atoms with Gasteiger partial charge in [0.2, 0.25) is 11.6 Å². The van der Waals surface area contributed by atoms with E-state index < -0.39 is 6.09 Å². The van der Waals surface area contributed by atoms with Crippen LogP contribution in [0.25, 0.3) is 0 Å². The number of hydrogen-bond donors (Lipinski definition) is 0. The standard InChI is InChI=1S/C15H11BrClN2O2/c1-19-12-8-3-2-5-9(12)14(21-15(19)20)18-11-7-4-6-10(16)13(11)17/h2-9H,1H3/q+1. The Bertz CT molecular complexity index is 750. The maximum absolute atomic E-state index is 11.9. The first kappa shape index (κ1) is 14.2. The third kappa shape index (κ3) is 2.59. The van der Waals surface area contributed by atoms with E-state index in [1.54, 1.807) is 13.1 Å². The van der Waals surface area contributed by atoms with Gasteiger partial charge >= 0.3 is 6.09 Å². The molecule has 1 aliphatic carbocycles. The number of benzene rings is 1. The number of rotatable bonds is 1. The number of halogens is 2.